The van der Waals surface area contributed by atoms with Crippen LogP contribution in [0.2, 0.25) is 10.0 Å². The van der Waals surface area contributed by atoms with Crippen molar-refractivity contribution >= 4 is 29.0 Å². The van der Waals surface area contributed by atoms with Crippen LogP contribution in [0.25, 0.3) is 0 Å². The van der Waals surface area contributed by atoms with Gasteiger partial charge in [-0.25, -0.2) is 0 Å². The highest BCUT2D eigenvalue weighted by Crippen LogP contribution is 2.25. The SMILES string of the molecule is CC(C)Oc1ccccc1C(=O)Cc1ccc(Cl)cc1Cl. The van der Waals surface area contributed by atoms with E-state index in [-0.39, 0.29) is 18.3 Å². The van der Waals surface area contributed by atoms with E-state index in [1.807, 2.05) is 26.0 Å². The van der Waals surface area contributed by atoms with Crippen molar-refractivity contribution in [2.45, 2.75) is 26.4 Å². The average Bonchev–Trinajstić information content (AvgIpc) is 2.42. The number of carbonyl (C=O) groups excluding carboxylic acids is 1. The van der Waals surface area contributed by atoms with E-state index >= 15 is 0 Å². The zero-order valence-corrected chi connectivity index (χ0v) is 13.4. The lowest BCUT2D eigenvalue weighted by Gasteiger charge is -2.13. The van der Waals surface area contributed by atoms with Gasteiger partial charge in [-0.05, 0) is 43.7 Å². The Bertz CT molecular complexity index is 651. The van der Waals surface area contributed by atoms with Gasteiger partial charge in [-0.2, -0.15) is 0 Å². The lowest BCUT2D eigenvalue weighted by molar-refractivity contribution is 0.0987. The summed E-state index contributed by atoms with van der Waals surface area (Å²) in [5.41, 5.74) is 1.32. The molecule has 0 bridgehead atoms. The maximum absolute atomic E-state index is 12.5. The number of carbonyl (C=O) groups is 1. The van der Waals surface area contributed by atoms with Gasteiger partial charge in [0.1, 0.15) is 5.75 Å². The fourth-order valence-electron chi connectivity index (χ4n) is 1.99. The van der Waals surface area contributed by atoms with Crippen LogP contribution in [0.5, 0.6) is 5.75 Å². The van der Waals surface area contributed by atoms with Crippen LogP contribution in [0.4, 0.5) is 0 Å². The number of hydrogen-bond acceptors (Lipinski definition) is 2. The van der Waals surface area contributed by atoms with Crippen molar-refractivity contribution in [3.8, 4) is 5.75 Å². The highest BCUT2D eigenvalue weighted by atomic mass is 35.5. The molecule has 0 aliphatic heterocycles. The molecule has 0 atom stereocenters. The molecule has 0 unspecified atom stereocenters. The molecule has 2 aromatic carbocycles. The summed E-state index contributed by atoms with van der Waals surface area (Å²) in [5, 5.41) is 1.05. The molecule has 0 N–H and O–H groups in total. The standard InChI is InChI=1S/C17H16Cl2O2/c1-11(2)21-17-6-4-3-5-14(17)16(20)9-12-7-8-13(18)10-15(12)19/h3-8,10-11H,9H2,1-2H3. The predicted molar refractivity (Wildman–Crippen MR) is 86.7 cm³/mol. The number of ether oxygens (including phenoxy) is 1. The van der Waals surface area contributed by atoms with E-state index in [4.69, 9.17) is 27.9 Å². The Balaban J connectivity index is 2.24. The van der Waals surface area contributed by atoms with Gasteiger partial charge in [0.15, 0.2) is 5.78 Å². The molecule has 0 amide bonds. The zero-order chi connectivity index (χ0) is 15.4. The van der Waals surface area contributed by atoms with Crippen molar-refractivity contribution in [1.29, 1.82) is 0 Å². The first-order chi connectivity index (χ1) is 9.97. The second-order valence-electron chi connectivity index (χ2n) is 5.00. The number of benzene rings is 2. The van der Waals surface area contributed by atoms with Gasteiger partial charge in [-0.3, -0.25) is 4.79 Å². The normalized spacial score (nSPS) is 10.7. The second-order valence-corrected chi connectivity index (χ2v) is 5.84. The molecule has 0 aliphatic rings. The first kappa shape index (κ1) is 15.9. The number of para-hydroxylation sites is 1. The molecule has 2 nitrogen and oxygen atoms in total. The second kappa shape index (κ2) is 6.97. The Kier molecular flexibility index (Phi) is 5.27. The Morgan fingerprint density at radius 2 is 1.86 bits per heavy atom. The van der Waals surface area contributed by atoms with Crippen molar-refractivity contribution in [3.05, 3.63) is 63.6 Å². The van der Waals surface area contributed by atoms with Crippen molar-refractivity contribution in [1.82, 2.24) is 0 Å². The van der Waals surface area contributed by atoms with E-state index in [0.29, 0.717) is 21.4 Å². The van der Waals surface area contributed by atoms with Gasteiger partial charge >= 0.3 is 0 Å². The minimum Gasteiger partial charge on any atom is -0.490 e. The number of Topliss-reactive ketones (excluding diaryl/α,β-unsaturated/α-hetero) is 1. The van der Waals surface area contributed by atoms with E-state index in [1.54, 1.807) is 30.3 Å². The summed E-state index contributed by atoms with van der Waals surface area (Å²) in [7, 11) is 0. The molecule has 0 aromatic heterocycles. The van der Waals surface area contributed by atoms with Gasteiger partial charge in [0.25, 0.3) is 0 Å². The van der Waals surface area contributed by atoms with Gasteiger partial charge in [-0.1, -0.05) is 41.4 Å². The van der Waals surface area contributed by atoms with E-state index in [1.165, 1.54) is 0 Å². The molecule has 110 valence electrons. The smallest absolute Gasteiger partial charge is 0.171 e. The van der Waals surface area contributed by atoms with Crippen LogP contribution in [0.15, 0.2) is 42.5 Å². The molecule has 2 rings (SSSR count). The van der Waals surface area contributed by atoms with Gasteiger partial charge in [0.2, 0.25) is 0 Å². The Morgan fingerprint density at radius 3 is 2.52 bits per heavy atom. The van der Waals surface area contributed by atoms with Crippen LogP contribution in [0.1, 0.15) is 29.8 Å². The van der Waals surface area contributed by atoms with Crippen LogP contribution < -0.4 is 4.74 Å². The molecule has 2 aromatic rings. The summed E-state index contributed by atoms with van der Waals surface area (Å²) in [6.45, 7) is 3.86. The molecule has 0 radical (unpaired) electrons. The van der Waals surface area contributed by atoms with Crippen LogP contribution in [-0.4, -0.2) is 11.9 Å². The number of ketones is 1. The Labute approximate surface area is 134 Å². The van der Waals surface area contributed by atoms with E-state index in [2.05, 4.69) is 0 Å². The molecule has 21 heavy (non-hydrogen) atoms. The van der Waals surface area contributed by atoms with Crippen LogP contribution in [0.3, 0.4) is 0 Å². The lowest BCUT2D eigenvalue weighted by atomic mass is 10.0. The highest BCUT2D eigenvalue weighted by molar-refractivity contribution is 6.35. The minimum atomic E-state index is -0.0320. The van der Waals surface area contributed by atoms with Crippen LogP contribution in [0, 0.1) is 0 Å². The van der Waals surface area contributed by atoms with Crippen molar-refractivity contribution < 1.29 is 9.53 Å². The number of hydrogen-bond donors (Lipinski definition) is 0. The summed E-state index contributed by atoms with van der Waals surface area (Å²) in [5.74, 6) is 0.568. The number of rotatable bonds is 5. The molecule has 0 saturated carbocycles. The molecule has 0 heterocycles. The first-order valence-electron chi connectivity index (χ1n) is 6.70. The fourth-order valence-corrected chi connectivity index (χ4v) is 2.46. The summed E-state index contributed by atoms with van der Waals surface area (Å²) >= 11 is 12.0. The van der Waals surface area contributed by atoms with Crippen LogP contribution in [-0.2, 0) is 6.42 Å². The largest absolute Gasteiger partial charge is 0.490 e. The summed E-state index contributed by atoms with van der Waals surface area (Å²) in [6.07, 6.45) is 0.229. The molecular formula is C17H16Cl2O2. The zero-order valence-electron chi connectivity index (χ0n) is 11.9. The highest BCUT2D eigenvalue weighted by Gasteiger charge is 2.15. The Hall–Kier alpha value is -1.51. The van der Waals surface area contributed by atoms with E-state index in [9.17, 15) is 4.79 Å². The third kappa shape index (κ3) is 4.23. The van der Waals surface area contributed by atoms with Crippen molar-refractivity contribution in [3.63, 3.8) is 0 Å². The molecule has 0 fully saturated rings. The predicted octanol–water partition coefficient (Wildman–Crippen LogP) is 5.21. The molecule has 0 aliphatic carbocycles. The molecular weight excluding hydrogens is 307 g/mol. The average molecular weight is 323 g/mol. The van der Waals surface area contributed by atoms with Crippen LogP contribution >= 0.6 is 23.2 Å². The molecule has 0 saturated heterocycles. The first-order valence-corrected chi connectivity index (χ1v) is 7.46. The third-order valence-corrected chi connectivity index (χ3v) is 3.50. The molecule has 4 heteroatoms. The van der Waals surface area contributed by atoms with Gasteiger partial charge in [0, 0.05) is 16.5 Å². The van der Waals surface area contributed by atoms with Gasteiger partial charge < -0.3 is 4.74 Å². The summed E-state index contributed by atoms with van der Waals surface area (Å²) in [4.78, 5) is 12.5. The maximum atomic E-state index is 12.5. The van der Waals surface area contributed by atoms with E-state index < -0.39 is 0 Å². The monoisotopic (exact) mass is 322 g/mol. The van der Waals surface area contributed by atoms with Gasteiger partial charge in [-0.15, -0.1) is 0 Å². The topological polar surface area (TPSA) is 26.3 Å². The Morgan fingerprint density at radius 1 is 1.14 bits per heavy atom. The molecule has 0 spiro atoms. The lowest BCUT2D eigenvalue weighted by Crippen LogP contribution is -2.11. The summed E-state index contributed by atoms with van der Waals surface area (Å²) in [6, 6.07) is 12.4. The number of halogens is 2. The maximum Gasteiger partial charge on any atom is 0.171 e. The summed E-state index contributed by atoms with van der Waals surface area (Å²) < 4.78 is 5.68. The quantitative estimate of drug-likeness (QED) is 0.706. The van der Waals surface area contributed by atoms with Crippen molar-refractivity contribution in [2.75, 3.05) is 0 Å². The fraction of sp³-hybridized carbons (Fsp3) is 0.235. The van der Waals surface area contributed by atoms with Crippen molar-refractivity contribution in [2.24, 2.45) is 0 Å². The third-order valence-electron chi connectivity index (χ3n) is 2.92. The minimum absolute atomic E-state index is 0.0121. The van der Waals surface area contributed by atoms with Gasteiger partial charge in [0.05, 0.1) is 11.7 Å². The van der Waals surface area contributed by atoms with E-state index in [0.717, 1.165) is 5.56 Å².